The van der Waals surface area contributed by atoms with Crippen molar-refractivity contribution < 1.29 is 4.74 Å². The number of morpholine rings is 1. The molecule has 2 saturated heterocycles. The number of nitrogens with two attached hydrogens (primary N) is 1. The molecule has 0 radical (unpaired) electrons. The molecule has 2 fully saturated rings. The predicted octanol–water partition coefficient (Wildman–Crippen LogP) is -1.05. The summed E-state index contributed by atoms with van der Waals surface area (Å²) in [6.45, 7) is 9.19. The molecule has 3 rings (SSSR count). The summed E-state index contributed by atoms with van der Waals surface area (Å²) in [5.74, 6) is 1.43. The average Bonchev–Trinajstić information content (AvgIpc) is 2.57. The van der Waals surface area contributed by atoms with Crippen LogP contribution in [0.3, 0.4) is 0 Å². The van der Waals surface area contributed by atoms with E-state index in [2.05, 4.69) is 42.0 Å². The zero-order valence-corrected chi connectivity index (χ0v) is 13.7. The normalized spacial score (nSPS) is 20.7. The Bertz CT molecular complexity index is 500. The Kier molecular flexibility index (Phi) is 5.42. The Morgan fingerprint density at radius 2 is 1.78 bits per heavy atom. The third-order valence-corrected chi connectivity index (χ3v) is 4.24. The molecule has 23 heavy (non-hydrogen) atoms. The van der Waals surface area contributed by atoms with Crippen LogP contribution in [0.4, 0.5) is 17.8 Å². The Hall–Kier alpha value is -1.71. The van der Waals surface area contributed by atoms with Gasteiger partial charge in [-0.1, -0.05) is 0 Å². The first-order valence-electron chi connectivity index (χ1n) is 8.20. The van der Waals surface area contributed by atoms with Gasteiger partial charge in [-0.2, -0.15) is 15.0 Å². The number of likely N-dealkylation sites (N-methyl/N-ethyl adjacent to an activating group) is 1. The van der Waals surface area contributed by atoms with E-state index in [0.29, 0.717) is 25.1 Å². The van der Waals surface area contributed by atoms with Gasteiger partial charge in [0.25, 0.3) is 0 Å². The summed E-state index contributed by atoms with van der Waals surface area (Å²) in [5.41, 5.74) is 5.82. The molecule has 2 aliphatic heterocycles. The fourth-order valence-electron chi connectivity index (χ4n) is 2.76. The van der Waals surface area contributed by atoms with Gasteiger partial charge < -0.3 is 25.6 Å². The molecule has 1 aromatic rings. The minimum atomic E-state index is 0.253. The molecule has 9 heteroatoms. The maximum absolute atomic E-state index is 5.82. The lowest BCUT2D eigenvalue weighted by molar-refractivity contribution is 0.122. The number of nitrogens with zero attached hydrogens (tertiary/aromatic N) is 6. The summed E-state index contributed by atoms with van der Waals surface area (Å²) in [6.07, 6.45) is 0. The Balaban J connectivity index is 1.52. The van der Waals surface area contributed by atoms with Crippen LogP contribution < -0.4 is 16.0 Å². The summed E-state index contributed by atoms with van der Waals surface area (Å²) in [5, 5.41) is 3.27. The van der Waals surface area contributed by atoms with Crippen molar-refractivity contribution in [2.75, 3.05) is 88.6 Å². The zero-order valence-electron chi connectivity index (χ0n) is 13.7. The molecule has 0 atom stereocenters. The van der Waals surface area contributed by atoms with E-state index in [1.54, 1.807) is 0 Å². The van der Waals surface area contributed by atoms with E-state index in [-0.39, 0.29) is 5.95 Å². The average molecular weight is 322 g/mol. The molecule has 0 bridgehead atoms. The smallest absolute Gasteiger partial charge is 0.232 e. The fourth-order valence-corrected chi connectivity index (χ4v) is 2.76. The van der Waals surface area contributed by atoms with E-state index in [1.807, 2.05) is 0 Å². The molecule has 0 aliphatic carbocycles. The van der Waals surface area contributed by atoms with E-state index in [9.17, 15) is 0 Å². The van der Waals surface area contributed by atoms with E-state index in [4.69, 9.17) is 10.5 Å². The lowest BCUT2D eigenvalue weighted by Gasteiger charge is -2.32. The van der Waals surface area contributed by atoms with Crippen LogP contribution in [0.25, 0.3) is 0 Å². The highest BCUT2D eigenvalue weighted by Gasteiger charge is 2.16. The van der Waals surface area contributed by atoms with Crippen LogP contribution in [-0.4, -0.2) is 97.4 Å². The third-order valence-electron chi connectivity index (χ3n) is 4.24. The highest BCUT2D eigenvalue weighted by molar-refractivity contribution is 5.42. The van der Waals surface area contributed by atoms with Crippen molar-refractivity contribution in [2.45, 2.75) is 0 Å². The highest BCUT2D eigenvalue weighted by Crippen LogP contribution is 2.13. The van der Waals surface area contributed by atoms with Gasteiger partial charge in [0.05, 0.1) is 13.2 Å². The Morgan fingerprint density at radius 3 is 2.52 bits per heavy atom. The Labute approximate surface area is 136 Å². The molecule has 0 aromatic carbocycles. The molecular weight excluding hydrogens is 296 g/mol. The summed E-state index contributed by atoms with van der Waals surface area (Å²) < 4.78 is 5.35. The van der Waals surface area contributed by atoms with E-state index >= 15 is 0 Å². The minimum Gasteiger partial charge on any atom is -0.378 e. The number of piperazine rings is 1. The summed E-state index contributed by atoms with van der Waals surface area (Å²) in [7, 11) is 2.16. The van der Waals surface area contributed by atoms with Crippen LogP contribution in [0, 0.1) is 0 Å². The monoisotopic (exact) mass is 322 g/mol. The van der Waals surface area contributed by atoms with Gasteiger partial charge in [-0.25, -0.2) is 0 Å². The molecule has 0 spiro atoms. The van der Waals surface area contributed by atoms with Gasteiger partial charge in [-0.15, -0.1) is 0 Å². The fraction of sp³-hybridized carbons (Fsp3) is 0.786. The number of aromatic nitrogens is 3. The maximum atomic E-state index is 5.82. The van der Waals surface area contributed by atoms with Crippen molar-refractivity contribution in [1.82, 2.24) is 24.8 Å². The third kappa shape index (κ3) is 4.63. The summed E-state index contributed by atoms with van der Waals surface area (Å²) in [6, 6.07) is 0. The number of nitrogen functional groups attached to an aromatic ring is 1. The molecule has 0 unspecified atom stereocenters. The lowest BCUT2D eigenvalue weighted by atomic mass is 10.3. The molecular formula is C14H26N8O. The van der Waals surface area contributed by atoms with Crippen LogP contribution >= 0.6 is 0 Å². The van der Waals surface area contributed by atoms with E-state index in [1.165, 1.54) is 0 Å². The molecule has 1 aromatic heterocycles. The minimum absolute atomic E-state index is 0.253. The van der Waals surface area contributed by atoms with Crippen molar-refractivity contribution in [3.63, 3.8) is 0 Å². The number of rotatable bonds is 5. The van der Waals surface area contributed by atoms with Gasteiger partial charge in [0, 0.05) is 52.4 Å². The molecule has 0 saturated carbocycles. The molecule has 128 valence electrons. The van der Waals surface area contributed by atoms with Gasteiger partial charge in [-0.05, 0) is 7.05 Å². The highest BCUT2D eigenvalue weighted by atomic mass is 16.5. The second-order valence-corrected chi connectivity index (χ2v) is 5.99. The SMILES string of the molecule is CN1CCN(CCNc2nc(N)nc(N3CCOCC3)n2)CC1. The van der Waals surface area contributed by atoms with Crippen molar-refractivity contribution in [3.05, 3.63) is 0 Å². The van der Waals surface area contributed by atoms with Gasteiger partial charge in [0.1, 0.15) is 0 Å². The number of nitrogens with one attached hydrogen (secondary N) is 1. The van der Waals surface area contributed by atoms with Crippen LogP contribution in [0.1, 0.15) is 0 Å². The van der Waals surface area contributed by atoms with Crippen LogP contribution in [-0.2, 0) is 4.74 Å². The number of hydrogen-bond acceptors (Lipinski definition) is 9. The second kappa shape index (κ2) is 7.71. The zero-order chi connectivity index (χ0) is 16.1. The molecule has 3 heterocycles. The first kappa shape index (κ1) is 16.2. The topological polar surface area (TPSA) is 95.7 Å². The van der Waals surface area contributed by atoms with Crippen molar-refractivity contribution in [2.24, 2.45) is 0 Å². The molecule has 2 aliphatic rings. The van der Waals surface area contributed by atoms with Gasteiger partial charge in [-0.3, -0.25) is 4.90 Å². The summed E-state index contributed by atoms with van der Waals surface area (Å²) in [4.78, 5) is 19.8. The van der Waals surface area contributed by atoms with E-state index < -0.39 is 0 Å². The maximum Gasteiger partial charge on any atom is 0.232 e. The first-order valence-corrected chi connectivity index (χ1v) is 8.20. The molecule has 0 amide bonds. The van der Waals surface area contributed by atoms with Crippen molar-refractivity contribution in [1.29, 1.82) is 0 Å². The van der Waals surface area contributed by atoms with Crippen molar-refractivity contribution in [3.8, 4) is 0 Å². The Morgan fingerprint density at radius 1 is 1.04 bits per heavy atom. The first-order chi connectivity index (χ1) is 11.2. The van der Waals surface area contributed by atoms with Gasteiger partial charge in [0.2, 0.25) is 17.8 Å². The predicted molar refractivity (Wildman–Crippen MR) is 89.7 cm³/mol. The number of hydrogen-bond donors (Lipinski definition) is 2. The van der Waals surface area contributed by atoms with Crippen LogP contribution in [0.15, 0.2) is 0 Å². The second-order valence-electron chi connectivity index (χ2n) is 5.99. The van der Waals surface area contributed by atoms with Gasteiger partial charge >= 0.3 is 0 Å². The summed E-state index contributed by atoms with van der Waals surface area (Å²) >= 11 is 0. The quantitative estimate of drug-likeness (QED) is 0.704. The number of anilines is 3. The largest absolute Gasteiger partial charge is 0.378 e. The van der Waals surface area contributed by atoms with Crippen LogP contribution in [0.2, 0.25) is 0 Å². The van der Waals surface area contributed by atoms with Crippen LogP contribution in [0.5, 0.6) is 0 Å². The lowest BCUT2D eigenvalue weighted by Crippen LogP contribution is -2.45. The molecule has 9 nitrogen and oxygen atoms in total. The van der Waals surface area contributed by atoms with Gasteiger partial charge in [0.15, 0.2) is 0 Å². The molecule has 3 N–H and O–H groups in total. The van der Waals surface area contributed by atoms with E-state index in [0.717, 1.165) is 52.4 Å². The van der Waals surface area contributed by atoms with Crippen molar-refractivity contribution >= 4 is 17.8 Å². The number of ether oxygens (including phenoxy) is 1. The standard InChI is InChI=1S/C14H26N8O/c1-20-4-6-21(7-5-20)3-2-16-13-17-12(15)18-14(19-13)22-8-10-23-11-9-22/h2-11H2,1H3,(H3,15,16,17,18,19).